The topological polar surface area (TPSA) is 83.3 Å². The summed E-state index contributed by atoms with van der Waals surface area (Å²) in [5, 5.41) is 23.2. The number of nitrogens with one attached hydrogen (secondary N) is 1. The molecule has 0 spiro atoms. The maximum atomic E-state index is 15.0. The van der Waals surface area contributed by atoms with Gasteiger partial charge in [0.15, 0.2) is 5.82 Å². The van der Waals surface area contributed by atoms with Crippen LogP contribution in [-0.4, -0.2) is 44.0 Å². The van der Waals surface area contributed by atoms with Crippen LogP contribution in [0.3, 0.4) is 0 Å². The number of piperidine rings is 2. The van der Waals surface area contributed by atoms with E-state index >= 15 is 0 Å². The number of pyridine rings is 1. The van der Waals surface area contributed by atoms with Crippen molar-refractivity contribution in [3.05, 3.63) is 58.8 Å². The lowest BCUT2D eigenvalue weighted by Gasteiger charge is -2.55. The highest BCUT2D eigenvalue weighted by Gasteiger charge is 2.46. The molecule has 2 aliphatic rings. The van der Waals surface area contributed by atoms with Crippen LogP contribution in [0.1, 0.15) is 46.0 Å². The number of aromatic nitrogens is 3. The molecule has 2 saturated heterocycles. The fraction of sp³-hybridized carbons (Fsp3) is 0.444. The first-order chi connectivity index (χ1) is 16.6. The zero-order valence-corrected chi connectivity index (χ0v) is 20.7. The third-order valence-electron chi connectivity index (χ3n) is 7.77. The number of benzene rings is 1. The smallest absolute Gasteiger partial charge is 0.250 e. The molecule has 2 aliphatic heterocycles. The van der Waals surface area contributed by atoms with Gasteiger partial charge in [0.05, 0.1) is 5.69 Å². The molecule has 2 aromatic heterocycles. The number of phenols is 1. The average Bonchev–Trinajstić information content (AvgIpc) is 2.80. The highest BCUT2D eigenvalue weighted by Crippen LogP contribution is 2.42. The van der Waals surface area contributed by atoms with Gasteiger partial charge in [-0.05, 0) is 81.8 Å². The van der Waals surface area contributed by atoms with Crippen molar-refractivity contribution in [3.63, 3.8) is 0 Å². The van der Waals surface area contributed by atoms with E-state index in [1.54, 1.807) is 25.4 Å². The molecule has 3 aromatic rings. The van der Waals surface area contributed by atoms with Gasteiger partial charge in [0.2, 0.25) is 0 Å². The molecule has 35 heavy (non-hydrogen) atoms. The highest BCUT2D eigenvalue weighted by molar-refractivity contribution is 5.74. The van der Waals surface area contributed by atoms with Crippen LogP contribution in [0, 0.1) is 5.82 Å². The zero-order valence-electron chi connectivity index (χ0n) is 20.7. The number of nitrogens with zero attached hydrogens (tertiary/aromatic N) is 4. The van der Waals surface area contributed by atoms with Gasteiger partial charge in [-0.3, -0.25) is 4.79 Å². The second-order valence-electron chi connectivity index (χ2n) is 10.8. The van der Waals surface area contributed by atoms with E-state index in [9.17, 15) is 14.3 Å². The molecule has 1 unspecified atom stereocenters. The third kappa shape index (κ3) is 4.43. The average molecular weight is 478 g/mol. The van der Waals surface area contributed by atoms with Gasteiger partial charge < -0.3 is 19.9 Å². The van der Waals surface area contributed by atoms with Gasteiger partial charge in [0, 0.05) is 54.6 Å². The summed E-state index contributed by atoms with van der Waals surface area (Å²) in [6.45, 7) is 4.63. The highest BCUT2D eigenvalue weighted by atomic mass is 19.1. The molecule has 1 aromatic carbocycles. The van der Waals surface area contributed by atoms with Crippen LogP contribution in [0.25, 0.3) is 22.4 Å². The second-order valence-corrected chi connectivity index (χ2v) is 10.8. The second kappa shape index (κ2) is 8.45. The van der Waals surface area contributed by atoms with Gasteiger partial charge in [0.25, 0.3) is 5.56 Å². The van der Waals surface area contributed by atoms with E-state index in [4.69, 9.17) is 0 Å². The lowest BCUT2D eigenvalue weighted by Crippen LogP contribution is -2.66. The molecule has 8 heteroatoms. The van der Waals surface area contributed by atoms with Crippen molar-refractivity contribution in [2.75, 3.05) is 11.9 Å². The maximum absolute atomic E-state index is 15.0. The van der Waals surface area contributed by atoms with Crippen molar-refractivity contribution < 1.29 is 9.50 Å². The Morgan fingerprint density at radius 1 is 1.09 bits per heavy atom. The van der Waals surface area contributed by atoms with E-state index in [1.165, 1.54) is 42.0 Å². The number of hydrogen-bond acceptors (Lipinski definition) is 6. The quantitative estimate of drug-likeness (QED) is 0.585. The van der Waals surface area contributed by atoms with Crippen molar-refractivity contribution in [2.45, 2.75) is 63.1 Å². The summed E-state index contributed by atoms with van der Waals surface area (Å²) < 4.78 is 16.4. The molecule has 7 nitrogen and oxygen atoms in total. The predicted molar refractivity (Wildman–Crippen MR) is 135 cm³/mol. The summed E-state index contributed by atoms with van der Waals surface area (Å²) in [6.07, 6.45) is 7.26. The summed E-state index contributed by atoms with van der Waals surface area (Å²) in [4.78, 5) is 14.1. The van der Waals surface area contributed by atoms with Crippen molar-refractivity contribution in [1.82, 2.24) is 20.1 Å². The lowest BCUT2D eigenvalue weighted by atomic mass is 9.69. The van der Waals surface area contributed by atoms with Crippen LogP contribution < -0.4 is 15.8 Å². The van der Waals surface area contributed by atoms with Crippen LogP contribution in [-0.2, 0) is 7.05 Å². The molecular formula is C27H32FN5O2. The van der Waals surface area contributed by atoms with Gasteiger partial charge in [-0.2, -0.15) is 0 Å². The number of fused-ring (bicyclic) bond motifs is 2. The standard InChI is InChI=1S/C27H32FN5O2/c1-26-9-5-10-27(2,31-26)16-18(15-26)33(4)24-7-6-22(29-30-24)20-13-21(28)19(14-23(20)34)17-8-11-32(3)25(35)12-17/h6-8,11-14,18,31,34H,5,9-10,15-16H2,1-4H3/t18?,26-,27+. The Morgan fingerprint density at radius 2 is 1.80 bits per heavy atom. The van der Waals surface area contributed by atoms with E-state index in [1.807, 2.05) is 6.07 Å². The molecule has 5 rings (SSSR count). The predicted octanol–water partition coefficient (Wildman–Crippen LogP) is 4.24. The molecule has 4 heterocycles. The summed E-state index contributed by atoms with van der Waals surface area (Å²) in [5.74, 6) is 0.0870. The van der Waals surface area contributed by atoms with Crippen molar-refractivity contribution >= 4 is 5.82 Å². The Kier molecular flexibility index (Phi) is 5.67. The number of hydrogen-bond donors (Lipinski definition) is 2. The summed E-state index contributed by atoms with van der Waals surface area (Å²) >= 11 is 0. The molecule has 0 amide bonds. The summed E-state index contributed by atoms with van der Waals surface area (Å²) in [6, 6.07) is 9.53. The molecule has 0 radical (unpaired) electrons. The Balaban J connectivity index is 1.39. The van der Waals surface area contributed by atoms with E-state index < -0.39 is 5.82 Å². The van der Waals surface area contributed by atoms with Crippen LogP contribution in [0.2, 0.25) is 0 Å². The first kappa shape index (κ1) is 23.5. The van der Waals surface area contributed by atoms with Gasteiger partial charge in [-0.15, -0.1) is 10.2 Å². The molecule has 2 fully saturated rings. The van der Waals surface area contributed by atoms with Gasteiger partial charge >= 0.3 is 0 Å². The van der Waals surface area contributed by atoms with Crippen LogP contribution in [0.5, 0.6) is 5.75 Å². The van der Waals surface area contributed by atoms with Crippen molar-refractivity contribution in [2.24, 2.45) is 7.05 Å². The summed E-state index contributed by atoms with van der Waals surface area (Å²) in [7, 11) is 3.68. The van der Waals surface area contributed by atoms with E-state index in [0.29, 0.717) is 17.3 Å². The van der Waals surface area contributed by atoms with Crippen molar-refractivity contribution in [1.29, 1.82) is 0 Å². The van der Waals surface area contributed by atoms with Crippen LogP contribution in [0.4, 0.5) is 10.2 Å². The Labute approximate surface area is 204 Å². The number of rotatable bonds is 4. The third-order valence-corrected chi connectivity index (χ3v) is 7.77. The Hall–Kier alpha value is -3.26. The molecule has 0 saturated carbocycles. The minimum absolute atomic E-state index is 0.121. The Bertz CT molecular complexity index is 1310. The number of aromatic hydroxyl groups is 1. The minimum atomic E-state index is -0.545. The molecule has 0 aliphatic carbocycles. The van der Waals surface area contributed by atoms with Gasteiger partial charge in [-0.1, -0.05) is 0 Å². The van der Waals surface area contributed by atoms with E-state index in [-0.39, 0.29) is 33.5 Å². The van der Waals surface area contributed by atoms with Crippen LogP contribution >= 0.6 is 0 Å². The fourth-order valence-corrected chi connectivity index (χ4v) is 5.96. The largest absolute Gasteiger partial charge is 0.507 e. The summed E-state index contributed by atoms with van der Waals surface area (Å²) in [5.41, 5.74) is 1.22. The monoisotopic (exact) mass is 477 g/mol. The Morgan fingerprint density at radius 3 is 2.43 bits per heavy atom. The van der Waals surface area contributed by atoms with Crippen molar-refractivity contribution in [3.8, 4) is 28.1 Å². The first-order valence-corrected chi connectivity index (χ1v) is 12.1. The van der Waals surface area contributed by atoms with E-state index in [2.05, 4.69) is 41.3 Å². The number of halogens is 1. The maximum Gasteiger partial charge on any atom is 0.250 e. The first-order valence-electron chi connectivity index (χ1n) is 12.1. The molecule has 2 N–H and O–H groups in total. The lowest BCUT2D eigenvalue weighted by molar-refractivity contribution is 0.0784. The number of phenolic OH excluding ortho intramolecular Hbond substituents is 1. The molecule has 3 atom stereocenters. The zero-order chi connectivity index (χ0) is 25.0. The minimum Gasteiger partial charge on any atom is -0.507 e. The number of anilines is 1. The molecular weight excluding hydrogens is 445 g/mol. The number of aryl methyl sites for hydroxylation is 1. The van der Waals surface area contributed by atoms with E-state index in [0.717, 1.165) is 18.7 Å². The van der Waals surface area contributed by atoms with Gasteiger partial charge in [-0.25, -0.2) is 4.39 Å². The molecule has 2 bridgehead atoms. The SMILES string of the molecule is CN(c1ccc(-c2cc(F)c(-c3ccn(C)c(=O)c3)cc2O)nn1)C1C[C@]2(C)CCC[C@](C)(C1)N2. The molecule has 184 valence electrons. The van der Waals surface area contributed by atoms with Gasteiger partial charge in [0.1, 0.15) is 11.6 Å². The fourth-order valence-electron chi connectivity index (χ4n) is 5.96. The van der Waals surface area contributed by atoms with Crippen LogP contribution in [0.15, 0.2) is 47.4 Å². The normalized spacial score (nSPS) is 25.9.